The Morgan fingerprint density at radius 3 is 3.25 bits per heavy atom. The zero-order chi connectivity index (χ0) is 11.2. The second kappa shape index (κ2) is 6.33. The fourth-order valence-corrected chi connectivity index (χ4v) is 3.23. The zero-order valence-electron chi connectivity index (χ0n) is 9.82. The molecular weight excluding hydrogens is 220 g/mol. The van der Waals surface area contributed by atoms with E-state index in [0.29, 0.717) is 0 Å². The van der Waals surface area contributed by atoms with Crippen LogP contribution in [0.3, 0.4) is 0 Å². The van der Waals surface area contributed by atoms with E-state index in [1.807, 2.05) is 6.07 Å². The largest absolute Gasteiger partial charge is 0.472 e. The van der Waals surface area contributed by atoms with Crippen LogP contribution in [0.1, 0.15) is 12.0 Å². The first-order chi connectivity index (χ1) is 7.86. The number of furan rings is 1. The van der Waals surface area contributed by atoms with Gasteiger partial charge in [-0.05, 0) is 25.3 Å². The summed E-state index contributed by atoms with van der Waals surface area (Å²) >= 11 is 2.07. The van der Waals surface area contributed by atoms with Crippen molar-refractivity contribution < 1.29 is 4.42 Å². The van der Waals surface area contributed by atoms with E-state index in [1.54, 1.807) is 12.5 Å². The summed E-state index contributed by atoms with van der Waals surface area (Å²) in [6.45, 7) is 3.08. The molecule has 1 atom stereocenters. The summed E-state index contributed by atoms with van der Waals surface area (Å²) in [7, 11) is 2.23. The van der Waals surface area contributed by atoms with E-state index in [2.05, 4.69) is 29.0 Å². The van der Waals surface area contributed by atoms with Crippen molar-refractivity contribution in [2.24, 2.45) is 0 Å². The Morgan fingerprint density at radius 2 is 2.56 bits per heavy atom. The topological polar surface area (TPSA) is 28.4 Å². The van der Waals surface area contributed by atoms with E-state index in [-0.39, 0.29) is 0 Å². The summed E-state index contributed by atoms with van der Waals surface area (Å²) in [4.78, 5) is 2.47. The highest BCUT2D eigenvalue weighted by Crippen LogP contribution is 2.20. The maximum atomic E-state index is 5.02. The molecule has 1 N–H and O–H groups in total. The molecule has 0 aliphatic carbocycles. The monoisotopic (exact) mass is 240 g/mol. The molecule has 1 aromatic heterocycles. The molecule has 0 amide bonds. The molecule has 0 saturated carbocycles. The van der Waals surface area contributed by atoms with Crippen molar-refractivity contribution in [1.82, 2.24) is 10.2 Å². The third-order valence-electron chi connectivity index (χ3n) is 3.08. The molecule has 0 radical (unpaired) electrons. The zero-order valence-corrected chi connectivity index (χ0v) is 10.6. The normalized spacial score (nSPS) is 20.8. The molecule has 2 rings (SSSR count). The highest BCUT2D eigenvalue weighted by molar-refractivity contribution is 7.99. The van der Waals surface area contributed by atoms with Crippen molar-refractivity contribution in [2.75, 3.05) is 31.6 Å². The summed E-state index contributed by atoms with van der Waals surface area (Å²) < 4.78 is 5.02. The third kappa shape index (κ3) is 3.54. The van der Waals surface area contributed by atoms with Gasteiger partial charge in [0.15, 0.2) is 0 Å². The molecule has 1 aliphatic heterocycles. The first-order valence-electron chi connectivity index (χ1n) is 5.86. The number of nitrogens with one attached hydrogen (secondary N) is 1. The molecule has 16 heavy (non-hydrogen) atoms. The Bertz CT molecular complexity index is 283. The standard InChI is InChI=1S/C12H20N2OS/c1-14(12-3-7-16-10-12)5-4-13-8-11-2-6-15-9-11/h2,6,9,12-13H,3-5,7-8,10H2,1H3. The number of nitrogens with zero attached hydrogens (tertiary/aromatic N) is 1. The second-order valence-corrected chi connectivity index (χ2v) is 5.46. The third-order valence-corrected chi connectivity index (χ3v) is 4.22. The maximum absolute atomic E-state index is 5.02. The average molecular weight is 240 g/mol. The Morgan fingerprint density at radius 1 is 1.62 bits per heavy atom. The van der Waals surface area contributed by atoms with Crippen LogP contribution in [-0.4, -0.2) is 42.6 Å². The molecule has 90 valence electrons. The Hall–Kier alpha value is -0.450. The molecule has 1 fully saturated rings. The lowest BCUT2D eigenvalue weighted by Crippen LogP contribution is -2.36. The van der Waals surface area contributed by atoms with Crippen molar-refractivity contribution in [3.8, 4) is 0 Å². The fourth-order valence-electron chi connectivity index (χ4n) is 1.93. The van der Waals surface area contributed by atoms with Crippen LogP contribution in [0.25, 0.3) is 0 Å². The van der Waals surface area contributed by atoms with Crippen molar-refractivity contribution in [1.29, 1.82) is 0 Å². The average Bonchev–Trinajstić information content (AvgIpc) is 2.96. The van der Waals surface area contributed by atoms with Gasteiger partial charge in [0.05, 0.1) is 12.5 Å². The summed E-state index contributed by atoms with van der Waals surface area (Å²) in [5.74, 6) is 2.63. The van der Waals surface area contributed by atoms with Crippen LogP contribution in [-0.2, 0) is 6.54 Å². The molecule has 1 aliphatic rings. The molecule has 0 spiro atoms. The minimum absolute atomic E-state index is 0.792. The number of hydrogen-bond donors (Lipinski definition) is 1. The van der Waals surface area contributed by atoms with E-state index in [9.17, 15) is 0 Å². The van der Waals surface area contributed by atoms with E-state index in [0.717, 1.165) is 25.7 Å². The molecule has 0 bridgehead atoms. The van der Waals surface area contributed by atoms with Gasteiger partial charge in [0.2, 0.25) is 0 Å². The Kier molecular flexibility index (Phi) is 4.75. The van der Waals surface area contributed by atoms with E-state index < -0.39 is 0 Å². The van der Waals surface area contributed by atoms with Gasteiger partial charge in [0, 0.05) is 37.0 Å². The number of thioether (sulfide) groups is 1. The quantitative estimate of drug-likeness (QED) is 0.768. The Balaban J connectivity index is 1.57. The molecule has 1 aromatic rings. The van der Waals surface area contributed by atoms with Gasteiger partial charge < -0.3 is 14.6 Å². The lowest BCUT2D eigenvalue weighted by Gasteiger charge is -2.23. The molecule has 1 saturated heterocycles. The van der Waals surface area contributed by atoms with Crippen molar-refractivity contribution in [3.05, 3.63) is 24.2 Å². The predicted octanol–water partition coefficient (Wildman–Crippen LogP) is 1.81. The molecule has 3 nitrogen and oxygen atoms in total. The number of rotatable bonds is 6. The molecule has 1 unspecified atom stereocenters. The summed E-state index contributed by atoms with van der Waals surface area (Å²) in [6.07, 6.45) is 4.87. The first kappa shape index (κ1) is 12.0. The summed E-state index contributed by atoms with van der Waals surface area (Å²) in [5, 5.41) is 3.43. The van der Waals surface area contributed by atoms with E-state index in [4.69, 9.17) is 4.42 Å². The van der Waals surface area contributed by atoms with Gasteiger partial charge in [0.25, 0.3) is 0 Å². The van der Waals surface area contributed by atoms with Crippen LogP contribution in [0.2, 0.25) is 0 Å². The maximum Gasteiger partial charge on any atom is 0.0947 e. The molecule has 0 aromatic carbocycles. The van der Waals surface area contributed by atoms with Crippen molar-refractivity contribution in [2.45, 2.75) is 19.0 Å². The lowest BCUT2D eigenvalue weighted by atomic mass is 10.2. The van der Waals surface area contributed by atoms with Crippen LogP contribution in [0, 0.1) is 0 Å². The Labute approximate surface area is 102 Å². The highest BCUT2D eigenvalue weighted by Gasteiger charge is 2.19. The SMILES string of the molecule is CN(CCNCc1ccoc1)C1CCSC1. The van der Waals surface area contributed by atoms with Gasteiger partial charge in [-0.3, -0.25) is 0 Å². The predicted molar refractivity (Wildman–Crippen MR) is 68.8 cm³/mol. The fraction of sp³-hybridized carbons (Fsp3) is 0.667. The highest BCUT2D eigenvalue weighted by atomic mass is 32.2. The summed E-state index contributed by atoms with van der Waals surface area (Å²) in [6, 6.07) is 2.80. The van der Waals surface area contributed by atoms with Gasteiger partial charge in [-0.25, -0.2) is 0 Å². The number of hydrogen-bond acceptors (Lipinski definition) is 4. The smallest absolute Gasteiger partial charge is 0.0947 e. The molecular formula is C12H20N2OS. The van der Waals surface area contributed by atoms with Gasteiger partial charge in [-0.2, -0.15) is 11.8 Å². The van der Waals surface area contributed by atoms with Gasteiger partial charge in [-0.1, -0.05) is 0 Å². The minimum atomic E-state index is 0.792. The number of likely N-dealkylation sites (N-methyl/N-ethyl adjacent to an activating group) is 1. The molecule has 2 heterocycles. The lowest BCUT2D eigenvalue weighted by molar-refractivity contribution is 0.262. The van der Waals surface area contributed by atoms with Crippen LogP contribution >= 0.6 is 11.8 Å². The van der Waals surface area contributed by atoms with E-state index >= 15 is 0 Å². The van der Waals surface area contributed by atoms with Crippen molar-refractivity contribution >= 4 is 11.8 Å². The van der Waals surface area contributed by atoms with Gasteiger partial charge in [-0.15, -0.1) is 0 Å². The van der Waals surface area contributed by atoms with Gasteiger partial charge >= 0.3 is 0 Å². The van der Waals surface area contributed by atoms with Crippen LogP contribution in [0.4, 0.5) is 0 Å². The van der Waals surface area contributed by atoms with Crippen LogP contribution in [0.5, 0.6) is 0 Å². The van der Waals surface area contributed by atoms with E-state index in [1.165, 1.54) is 23.5 Å². The first-order valence-corrected chi connectivity index (χ1v) is 7.01. The van der Waals surface area contributed by atoms with Gasteiger partial charge in [0.1, 0.15) is 0 Å². The molecule has 4 heteroatoms. The summed E-state index contributed by atoms with van der Waals surface area (Å²) in [5.41, 5.74) is 1.22. The van der Waals surface area contributed by atoms with Crippen molar-refractivity contribution in [3.63, 3.8) is 0 Å². The minimum Gasteiger partial charge on any atom is -0.472 e. The van der Waals surface area contributed by atoms with Crippen LogP contribution in [0.15, 0.2) is 23.0 Å². The van der Waals surface area contributed by atoms with Crippen LogP contribution < -0.4 is 5.32 Å². The second-order valence-electron chi connectivity index (χ2n) is 4.31.